The van der Waals surface area contributed by atoms with E-state index < -0.39 is 5.97 Å². The van der Waals surface area contributed by atoms with E-state index in [0.717, 1.165) is 26.1 Å². The molecule has 0 fully saturated rings. The summed E-state index contributed by atoms with van der Waals surface area (Å²) in [5, 5.41) is 8.70. The van der Waals surface area contributed by atoms with Crippen molar-refractivity contribution in [3.05, 3.63) is 0 Å². The fourth-order valence-electron chi connectivity index (χ4n) is 2.31. The van der Waals surface area contributed by atoms with E-state index in [1.54, 1.807) is 0 Å². The van der Waals surface area contributed by atoms with Crippen LogP contribution in [-0.4, -0.2) is 35.6 Å². The number of aliphatic carboxylic acids is 1. The van der Waals surface area contributed by atoms with Crippen LogP contribution >= 0.6 is 12.4 Å². The van der Waals surface area contributed by atoms with Crippen molar-refractivity contribution >= 4 is 18.4 Å². The van der Waals surface area contributed by atoms with Crippen LogP contribution in [0.15, 0.2) is 0 Å². The summed E-state index contributed by atoms with van der Waals surface area (Å²) in [5.41, 5.74) is 0. The number of rotatable bonds is 14. The molecule has 0 aliphatic carbocycles. The van der Waals surface area contributed by atoms with Crippen molar-refractivity contribution in [3.8, 4) is 0 Å². The summed E-state index contributed by atoms with van der Waals surface area (Å²) in [5.74, 6) is -0.670. The number of hydrogen-bond acceptors (Lipinski definition) is 2. The molecule has 122 valence electrons. The molecule has 0 aromatic heterocycles. The Morgan fingerprint density at radius 2 is 1.25 bits per heavy atom. The minimum Gasteiger partial charge on any atom is -0.481 e. The van der Waals surface area contributed by atoms with Crippen LogP contribution in [-0.2, 0) is 4.79 Å². The minimum absolute atomic E-state index is 0. The topological polar surface area (TPSA) is 40.5 Å². The van der Waals surface area contributed by atoms with Crippen LogP contribution in [0.4, 0.5) is 0 Å². The lowest BCUT2D eigenvalue weighted by Gasteiger charge is -2.22. The van der Waals surface area contributed by atoms with Gasteiger partial charge in [0.2, 0.25) is 0 Å². The molecule has 20 heavy (non-hydrogen) atoms. The van der Waals surface area contributed by atoms with E-state index in [9.17, 15) is 4.79 Å². The van der Waals surface area contributed by atoms with Crippen LogP contribution in [0.2, 0.25) is 0 Å². The highest BCUT2D eigenvalue weighted by molar-refractivity contribution is 5.85. The summed E-state index contributed by atoms with van der Waals surface area (Å²) in [4.78, 5) is 13.0. The second-order valence-electron chi connectivity index (χ2n) is 5.46. The Hall–Kier alpha value is -0.280. The molecule has 0 amide bonds. The zero-order valence-corrected chi connectivity index (χ0v) is 14.2. The van der Waals surface area contributed by atoms with Crippen LogP contribution in [0.1, 0.15) is 78.1 Å². The molecular formula is C16H34ClNO2. The molecule has 4 heteroatoms. The van der Waals surface area contributed by atoms with Crippen LogP contribution in [0.25, 0.3) is 0 Å². The maximum absolute atomic E-state index is 10.6. The fraction of sp³-hybridized carbons (Fsp3) is 0.938. The molecule has 0 saturated carbocycles. The normalized spacial score (nSPS) is 10.6. The van der Waals surface area contributed by atoms with Gasteiger partial charge in [0.05, 0.1) is 0 Å². The van der Waals surface area contributed by atoms with Crippen LogP contribution in [0.5, 0.6) is 0 Å². The van der Waals surface area contributed by atoms with E-state index in [1.165, 1.54) is 51.4 Å². The summed E-state index contributed by atoms with van der Waals surface area (Å²) in [6.07, 6.45) is 11.4. The zero-order chi connectivity index (χ0) is 14.3. The molecular weight excluding hydrogens is 274 g/mol. The zero-order valence-electron chi connectivity index (χ0n) is 13.4. The third-order valence-corrected chi connectivity index (χ3v) is 3.52. The van der Waals surface area contributed by atoms with E-state index in [2.05, 4.69) is 18.7 Å². The second-order valence-corrected chi connectivity index (χ2v) is 5.46. The Kier molecular flexibility index (Phi) is 18.5. The van der Waals surface area contributed by atoms with Gasteiger partial charge < -0.3 is 10.0 Å². The molecule has 0 atom stereocenters. The van der Waals surface area contributed by atoms with Crippen molar-refractivity contribution in [2.24, 2.45) is 0 Å². The van der Waals surface area contributed by atoms with E-state index in [4.69, 9.17) is 5.11 Å². The summed E-state index contributed by atoms with van der Waals surface area (Å²) < 4.78 is 0. The molecule has 0 aliphatic rings. The molecule has 0 unspecified atom stereocenters. The van der Waals surface area contributed by atoms with Gasteiger partial charge in [0.25, 0.3) is 0 Å². The van der Waals surface area contributed by atoms with Gasteiger partial charge in [-0.15, -0.1) is 12.4 Å². The maximum atomic E-state index is 10.6. The predicted octanol–water partition coefficient (Wildman–Crippen LogP) is 4.74. The van der Waals surface area contributed by atoms with Crippen molar-refractivity contribution in [3.63, 3.8) is 0 Å². The lowest BCUT2D eigenvalue weighted by atomic mass is 10.1. The number of halogens is 1. The number of unbranched alkanes of at least 4 members (excludes halogenated alkanes) is 6. The minimum atomic E-state index is -0.670. The summed E-state index contributed by atoms with van der Waals surface area (Å²) in [7, 11) is 0. The smallest absolute Gasteiger partial charge is 0.303 e. The van der Waals surface area contributed by atoms with Gasteiger partial charge in [-0.3, -0.25) is 4.79 Å². The summed E-state index contributed by atoms with van der Waals surface area (Å²) >= 11 is 0. The first-order valence-electron chi connectivity index (χ1n) is 8.14. The predicted molar refractivity (Wildman–Crippen MR) is 88.8 cm³/mol. The summed E-state index contributed by atoms with van der Waals surface area (Å²) in [6, 6.07) is 0. The van der Waals surface area contributed by atoms with Crippen LogP contribution < -0.4 is 0 Å². The van der Waals surface area contributed by atoms with Gasteiger partial charge in [0, 0.05) is 6.42 Å². The van der Waals surface area contributed by atoms with Gasteiger partial charge in [-0.2, -0.15) is 0 Å². The number of carboxylic acid groups (broad SMARTS) is 1. The number of nitrogens with zero attached hydrogens (tertiary/aromatic N) is 1. The van der Waals surface area contributed by atoms with Crippen LogP contribution in [0.3, 0.4) is 0 Å². The average Bonchev–Trinajstić information content (AvgIpc) is 2.38. The highest BCUT2D eigenvalue weighted by Crippen LogP contribution is 2.06. The molecule has 0 spiro atoms. The number of hydrogen-bond donors (Lipinski definition) is 1. The molecule has 0 radical (unpaired) electrons. The molecule has 0 bridgehead atoms. The molecule has 0 aromatic rings. The summed E-state index contributed by atoms with van der Waals surface area (Å²) in [6.45, 7) is 7.70. The first-order valence-corrected chi connectivity index (χ1v) is 8.14. The largest absolute Gasteiger partial charge is 0.481 e. The standard InChI is InChI=1S/C16H33NO2.ClH/c1-3-5-7-9-13-17(14-10-8-6-4-2)15-11-12-16(18)19;/h3-15H2,1-2H3,(H,18,19);1H. The van der Waals surface area contributed by atoms with Crippen molar-refractivity contribution in [2.45, 2.75) is 78.1 Å². The van der Waals surface area contributed by atoms with Crippen LogP contribution in [0, 0.1) is 0 Å². The van der Waals surface area contributed by atoms with E-state index in [0.29, 0.717) is 6.42 Å². The Labute approximate surface area is 131 Å². The average molecular weight is 308 g/mol. The highest BCUT2D eigenvalue weighted by atomic mass is 35.5. The van der Waals surface area contributed by atoms with Crippen molar-refractivity contribution in [1.82, 2.24) is 4.90 Å². The van der Waals surface area contributed by atoms with Gasteiger partial charge in [-0.05, 0) is 38.9 Å². The molecule has 0 rings (SSSR count). The van der Waals surface area contributed by atoms with Gasteiger partial charge in [0.1, 0.15) is 0 Å². The SMILES string of the molecule is CCCCCCN(CCCCCC)CCCC(=O)O.Cl. The highest BCUT2D eigenvalue weighted by Gasteiger charge is 2.06. The molecule has 0 saturated heterocycles. The quantitative estimate of drug-likeness (QED) is 0.471. The molecule has 1 N–H and O–H groups in total. The number of carbonyl (C=O) groups is 1. The van der Waals surface area contributed by atoms with E-state index in [-0.39, 0.29) is 12.4 Å². The van der Waals surface area contributed by atoms with Crippen molar-refractivity contribution < 1.29 is 9.90 Å². The van der Waals surface area contributed by atoms with Crippen molar-refractivity contribution in [1.29, 1.82) is 0 Å². The second kappa shape index (κ2) is 16.8. The van der Waals surface area contributed by atoms with Crippen molar-refractivity contribution in [2.75, 3.05) is 19.6 Å². The van der Waals surface area contributed by atoms with E-state index >= 15 is 0 Å². The molecule has 0 heterocycles. The Bertz CT molecular complexity index is 201. The fourth-order valence-corrected chi connectivity index (χ4v) is 2.31. The van der Waals surface area contributed by atoms with Gasteiger partial charge in [-0.25, -0.2) is 0 Å². The van der Waals surface area contributed by atoms with Gasteiger partial charge in [0.15, 0.2) is 0 Å². The third kappa shape index (κ3) is 15.8. The monoisotopic (exact) mass is 307 g/mol. The molecule has 3 nitrogen and oxygen atoms in total. The maximum Gasteiger partial charge on any atom is 0.303 e. The lowest BCUT2D eigenvalue weighted by Crippen LogP contribution is -2.27. The first-order chi connectivity index (χ1) is 9.20. The first kappa shape index (κ1) is 22.0. The van der Waals surface area contributed by atoms with Gasteiger partial charge in [-0.1, -0.05) is 52.4 Å². The van der Waals surface area contributed by atoms with E-state index in [1.807, 2.05) is 0 Å². The Balaban J connectivity index is 0. The molecule has 0 aromatic carbocycles. The van der Waals surface area contributed by atoms with Gasteiger partial charge >= 0.3 is 5.97 Å². The lowest BCUT2D eigenvalue weighted by molar-refractivity contribution is -0.137. The molecule has 0 aliphatic heterocycles. The Morgan fingerprint density at radius 3 is 1.65 bits per heavy atom. The number of carboxylic acids is 1. The Morgan fingerprint density at radius 1 is 0.800 bits per heavy atom. The third-order valence-electron chi connectivity index (χ3n) is 3.52.